The molecule has 24 heteroatoms. The average Bonchev–Trinajstić information content (AvgIpc) is 3.06. The van der Waals surface area contributed by atoms with Crippen LogP contribution in [-0.2, 0) is 32.0 Å². The normalized spacial score (nSPS) is 35.4. The second-order valence-corrected chi connectivity index (χ2v) is 10.5. The van der Waals surface area contributed by atoms with E-state index in [2.05, 4.69) is 13.4 Å². The molecule has 214 valence electrons. The molecule has 20 nitrogen and oxygen atoms in total. The van der Waals surface area contributed by atoms with Crippen molar-refractivity contribution in [3.05, 3.63) is 33.1 Å². The Morgan fingerprint density at radius 1 is 0.923 bits per heavy atom. The number of rotatable bonds is 9. The van der Waals surface area contributed by atoms with Gasteiger partial charge in [0.25, 0.3) is 21.2 Å². The van der Waals surface area contributed by atoms with Gasteiger partial charge in [-0.3, -0.25) is 28.0 Å². The minimum absolute atomic E-state index is 0. The van der Waals surface area contributed by atoms with Gasteiger partial charge >= 0.3 is 64.8 Å². The van der Waals surface area contributed by atoms with Crippen LogP contribution in [-0.4, -0.2) is 108 Å². The predicted octanol–water partition coefficient (Wildman–Crippen LogP) is -12.9. The van der Waals surface area contributed by atoms with Gasteiger partial charge in [-0.25, -0.2) is 9.11 Å². The molecule has 1 aromatic heterocycles. The number of aliphatic hydroxyl groups excluding tert-OH is 6. The van der Waals surface area contributed by atoms with Gasteiger partial charge in [-0.15, -0.1) is 0 Å². The molecular formula is C15H24N2Na2O18P2. The molecule has 0 saturated carbocycles. The number of aliphatic hydroxyl groups is 6. The summed E-state index contributed by atoms with van der Waals surface area (Å²) in [5.41, 5.74) is -1.78. The van der Waals surface area contributed by atoms with Gasteiger partial charge in [0.15, 0.2) is 12.5 Å². The average molecular weight is 628 g/mol. The van der Waals surface area contributed by atoms with Crippen LogP contribution < -0.4 is 80.2 Å². The Morgan fingerprint density at radius 2 is 1.51 bits per heavy atom. The Balaban J connectivity index is 0.00000481. The van der Waals surface area contributed by atoms with E-state index in [1.54, 1.807) is 0 Å². The maximum absolute atomic E-state index is 12.0. The first kappa shape index (κ1) is 39.6. The molecule has 2 saturated heterocycles. The minimum atomic E-state index is -5.90. The van der Waals surface area contributed by atoms with E-state index in [0.717, 1.165) is 12.3 Å². The molecule has 0 aliphatic carbocycles. The first-order valence-electron chi connectivity index (χ1n) is 9.96. The number of H-pyrrole nitrogens is 1. The number of nitrogens with zero attached hydrogens (tertiary/aromatic N) is 1. The minimum Gasteiger partial charge on any atom is -0.756 e. The van der Waals surface area contributed by atoms with Gasteiger partial charge in [-0.1, -0.05) is 0 Å². The number of ether oxygens (including phenoxy) is 2. The molecule has 0 amide bonds. The van der Waals surface area contributed by atoms with Crippen LogP contribution in [0.4, 0.5) is 0 Å². The zero-order valence-electron chi connectivity index (χ0n) is 20.3. The molecule has 1 aromatic rings. The Hall–Kier alpha value is 0.580. The van der Waals surface area contributed by atoms with E-state index in [1.165, 1.54) is 0 Å². The van der Waals surface area contributed by atoms with Crippen molar-refractivity contribution in [3.63, 3.8) is 0 Å². The van der Waals surface area contributed by atoms with Crippen LogP contribution >= 0.6 is 15.6 Å². The number of aromatic amines is 1. The van der Waals surface area contributed by atoms with Gasteiger partial charge in [-0.2, -0.15) is 0 Å². The largest absolute Gasteiger partial charge is 1.00 e. The van der Waals surface area contributed by atoms with Gasteiger partial charge in [-0.05, 0) is 0 Å². The van der Waals surface area contributed by atoms with E-state index in [0.29, 0.717) is 4.57 Å². The standard InChI is InChI=1S/C15H24N2O17P2.2Na.H2O/c18-3-5-8(20)10(22)12(24)14(32-5)33-36(28,29)34-35(26,27)30-4-6-9(21)11(23)13(31-6)17-2-1-7(19)16-15(17)25;;;/h1-2,5-6,8-14,18,20-24H,3-4H2,(H,26,27)(H,28,29)(H,16,19,25);;;1H2/q;2*+1;/p-2/t5-,6-,8-,9-,10+,11-,12-,13-,14-;;;/m1.../s1. The van der Waals surface area contributed by atoms with Crippen molar-refractivity contribution in [2.45, 2.75) is 55.2 Å². The summed E-state index contributed by atoms with van der Waals surface area (Å²) in [6.45, 7) is -2.05. The van der Waals surface area contributed by atoms with Gasteiger partial charge in [0.1, 0.15) is 42.7 Å². The molecular weight excluding hydrogens is 604 g/mol. The van der Waals surface area contributed by atoms with Crippen molar-refractivity contribution < 1.29 is 137 Å². The number of phosphoric ester groups is 2. The second kappa shape index (κ2) is 15.9. The van der Waals surface area contributed by atoms with Gasteiger partial charge in [0, 0.05) is 12.3 Å². The summed E-state index contributed by atoms with van der Waals surface area (Å²) in [4.78, 5) is 48.9. The van der Waals surface area contributed by atoms with Crippen molar-refractivity contribution >= 4 is 15.6 Å². The van der Waals surface area contributed by atoms with Crippen LogP contribution in [0.2, 0.25) is 0 Å². The summed E-state index contributed by atoms with van der Waals surface area (Å²) in [6.07, 6.45) is -15.8. The van der Waals surface area contributed by atoms with Crippen LogP contribution in [0.15, 0.2) is 21.9 Å². The predicted molar refractivity (Wildman–Crippen MR) is 108 cm³/mol. The monoisotopic (exact) mass is 628 g/mol. The number of phosphoric acid groups is 2. The number of aromatic nitrogens is 2. The topological polar surface area (TPSA) is 334 Å². The molecule has 2 aliphatic rings. The molecule has 2 aliphatic heterocycles. The fourth-order valence-corrected chi connectivity index (χ4v) is 5.42. The van der Waals surface area contributed by atoms with Crippen LogP contribution in [0, 0.1) is 0 Å². The Morgan fingerprint density at radius 3 is 2.08 bits per heavy atom. The van der Waals surface area contributed by atoms with Crippen molar-refractivity contribution in [2.24, 2.45) is 0 Å². The van der Waals surface area contributed by atoms with Crippen LogP contribution in [0.1, 0.15) is 6.23 Å². The number of hydrogen-bond acceptors (Lipinski definition) is 17. The molecule has 0 bridgehead atoms. The first-order valence-corrected chi connectivity index (χ1v) is 12.9. The third kappa shape index (κ3) is 9.80. The zero-order chi connectivity index (χ0) is 27.0. The summed E-state index contributed by atoms with van der Waals surface area (Å²) < 4.78 is 47.1. The second-order valence-electron chi connectivity index (χ2n) is 7.64. The van der Waals surface area contributed by atoms with Gasteiger partial charge in [0.05, 0.1) is 13.2 Å². The van der Waals surface area contributed by atoms with E-state index in [-0.39, 0.29) is 64.6 Å². The maximum Gasteiger partial charge on any atom is 1.00 e. The third-order valence-electron chi connectivity index (χ3n) is 5.14. The Labute approximate surface area is 262 Å². The SMILES string of the molecule is O.O=c1ccn([C@@H]2O[C@H](COP(=O)([O-])OP(=O)([O-])O[C@H]3O[C@H](CO)[C@@H](O)[C@H](O)[C@H]3O)[C@@H](O)[C@H]2O)c(=O)[nH]1.[Na+].[Na+]. The van der Waals surface area contributed by atoms with Gasteiger partial charge < -0.3 is 59.9 Å². The van der Waals surface area contributed by atoms with E-state index in [4.69, 9.17) is 14.6 Å². The fraction of sp³-hybridized carbons (Fsp3) is 0.733. The van der Waals surface area contributed by atoms with Crippen LogP contribution in [0.3, 0.4) is 0 Å². The van der Waals surface area contributed by atoms with Crippen molar-refractivity contribution in [1.29, 1.82) is 0 Å². The molecule has 3 heterocycles. The molecule has 0 spiro atoms. The van der Waals surface area contributed by atoms with Crippen LogP contribution in [0.5, 0.6) is 0 Å². The van der Waals surface area contributed by atoms with Crippen LogP contribution in [0.25, 0.3) is 0 Å². The summed E-state index contributed by atoms with van der Waals surface area (Å²) >= 11 is 0. The molecule has 0 aromatic carbocycles. The molecule has 2 fully saturated rings. The van der Waals surface area contributed by atoms with Gasteiger partial charge in [0.2, 0.25) is 0 Å². The van der Waals surface area contributed by atoms with Crippen molar-refractivity contribution in [1.82, 2.24) is 9.55 Å². The quantitative estimate of drug-likeness (QED) is 0.0985. The van der Waals surface area contributed by atoms with E-state index < -0.39 is 95.4 Å². The third-order valence-corrected chi connectivity index (χ3v) is 7.67. The van der Waals surface area contributed by atoms with Crippen molar-refractivity contribution in [2.75, 3.05) is 13.2 Å². The molecule has 9 N–H and O–H groups in total. The molecule has 3 rings (SSSR count). The number of nitrogens with one attached hydrogen (secondary N) is 1. The maximum atomic E-state index is 12.0. The summed E-state index contributed by atoms with van der Waals surface area (Å²) in [5.74, 6) is 0. The number of hydrogen-bond donors (Lipinski definition) is 7. The molecule has 39 heavy (non-hydrogen) atoms. The first-order chi connectivity index (χ1) is 16.7. The summed E-state index contributed by atoms with van der Waals surface area (Å²) in [6, 6.07) is 0.911. The molecule has 2 unspecified atom stereocenters. The summed E-state index contributed by atoms with van der Waals surface area (Å²) in [5, 5.41) is 58.4. The fourth-order valence-electron chi connectivity index (χ4n) is 3.34. The van der Waals surface area contributed by atoms with E-state index >= 15 is 0 Å². The van der Waals surface area contributed by atoms with E-state index in [1.807, 2.05) is 4.98 Å². The Kier molecular flexibility index (Phi) is 16.1. The van der Waals surface area contributed by atoms with E-state index in [9.17, 15) is 54.0 Å². The summed E-state index contributed by atoms with van der Waals surface area (Å²) in [7, 11) is -11.7. The smallest absolute Gasteiger partial charge is 0.756 e. The van der Waals surface area contributed by atoms with Crippen molar-refractivity contribution in [3.8, 4) is 0 Å². The Bertz CT molecular complexity index is 1140. The molecule has 11 atom stereocenters. The zero-order valence-corrected chi connectivity index (χ0v) is 26.1. The molecule has 0 radical (unpaired) electrons.